The Labute approximate surface area is 132 Å². The standard InChI is InChI=1S/C18H23ClN2/c1-13(2)16-7-3-14(4-8-16)11-18(21-20)12-15-5-9-17(19)10-6-15/h3-10,13,18,21H,11-12,20H2,1-2H3. The van der Waals surface area contributed by atoms with Crippen molar-refractivity contribution in [1.82, 2.24) is 5.43 Å². The Morgan fingerprint density at radius 2 is 1.38 bits per heavy atom. The maximum atomic E-state index is 5.91. The Kier molecular flexibility index (Phi) is 5.80. The summed E-state index contributed by atoms with van der Waals surface area (Å²) in [7, 11) is 0. The molecule has 0 aliphatic carbocycles. The van der Waals surface area contributed by atoms with E-state index in [-0.39, 0.29) is 6.04 Å². The lowest BCUT2D eigenvalue weighted by molar-refractivity contribution is 0.522. The van der Waals surface area contributed by atoms with Gasteiger partial charge in [-0.3, -0.25) is 11.3 Å². The van der Waals surface area contributed by atoms with Crippen molar-refractivity contribution < 1.29 is 0 Å². The summed E-state index contributed by atoms with van der Waals surface area (Å²) in [6, 6.07) is 17.0. The molecule has 0 aliphatic heterocycles. The van der Waals surface area contributed by atoms with Gasteiger partial charge in [0, 0.05) is 11.1 Å². The molecule has 0 bridgehead atoms. The van der Waals surface area contributed by atoms with Crippen LogP contribution in [0.1, 0.15) is 36.5 Å². The van der Waals surface area contributed by atoms with Gasteiger partial charge in [-0.25, -0.2) is 0 Å². The number of hydrazine groups is 1. The number of benzene rings is 2. The zero-order chi connectivity index (χ0) is 15.2. The van der Waals surface area contributed by atoms with Crippen LogP contribution in [0.5, 0.6) is 0 Å². The molecule has 2 aromatic carbocycles. The largest absolute Gasteiger partial charge is 0.271 e. The number of rotatable bonds is 6. The monoisotopic (exact) mass is 302 g/mol. The van der Waals surface area contributed by atoms with Crippen LogP contribution in [0.3, 0.4) is 0 Å². The summed E-state index contributed by atoms with van der Waals surface area (Å²) in [6.45, 7) is 4.42. The molecule has 2 rings (SSSR count). The van der Waals surface area contributed by atoms with Crippen LogP contribution in [0.25, 0.3) is 0 Å². The predicted octanol–water partition coefficient (Wildman–Crippen LogP) is 4.08. The average Bonchev–Trinajstić information content (AvgIpc) is 2.49. The summed E-state index contributed by atoms with van der Waals surface area (Å²) in [5.41, 5.74) is 6.83. The van der Waals surface area contributed by atoms with E-state index in [1.54, 1.807) is 0 Å². The van der Waals surface area contributed by atoms with E-state index in [2.05, 4.69) is 55.7 Å². The smallest absolute Gasteiger partial charge is 0.0406 e. The zero-order valence-electron chi connectivity index (χ0n) is 12.6. The number of hydrogen-bond donors (Lipinski definition) is 2. The van der Waals surface area contributed by atoms with Crippen LogP contribution in [0.15, 0.2) is 48.5 Å². The Morgan fingerprint density at radius 1 is 0.905 bits per heavy atom. The summed E-state index contributed by atoms with van der Waals surface area (Å²) in [4.78, 5) is 0. The van der Waals surface area contributed by atoms with Crippen molar-refractivity contribution in [1.29, 1.82) is 0 Å². The molecule has 0 radical (unpaired) electrons. The van der Waals surface area contributed by atoms with Crippen molar-refractivity contribution in [3.05, 3.63) is 70.2 Å². The van der Waals surface area contributed by atoms with Crippen molar-refractivity contribution in [2.75, 3.05) is 0 Å². The Bertz CT molecular complexity index is 546. The second-order valence-electron chi connectivity index (χ2n) is 5.79. The van der Waals surface area contributed by atoms with E-state index in [1.165, 1.54) is 16.7 Å². The lowest BCUT2D eigenvalue weighted by Gasteiger charge is -2.16. The molecule has 2 aromatic rings. The van der Waals surface area contributed by atoms with Gasteiger partial charge in [-0.05, 0) is 47.6 Å². The van der Waals surface area contributed by atoms with Crippen molar-refractivity contribution in [3.63, 3.8) is 0 Å². The normalized spacial score (nSPS) is 12.6. The van der Waals surface area contributed by atoms with Crippen LogP contribution >= 0.6 is 11.6 Å². The fourth-order valence-electron chi connectivity index (χ4n) is 2.42. The van der Waals surface area contributed by atoms with E-state index in [0.29, 0.717) is 5.92 Å². The van der Waals surface area contributed by atoms with Gasteiger partial charge in [0.05, 0.1) is 0 Å². The van der Waals surface area contributed by atoms with Gasteiger partial charge in [-0.15, -0.1) is 0 Å². The van der Waals surface area contributed by atoms with Gasteiger partial charge in [0.25, 0.3) is 0 Å². The Hall–Kier alpha value is -1.35. The fourth-order valence-corrected chi connectivity index (χ4v) is 2.54. The van der Waals surface area contributed by atoms with Gasteiger partial charge < -0.3 is 0 Å². The van der Waals surface area contributed by atoms with Crippen LogP contribution in [0.4, 0.5) is 0 Å². The molecule has 0 heterocycles. The number of nitrogens with two attached hydrogens (primary N) is 1. The second-order valence-corrected chi connectivity index (χ2v) is 6.23. The summed E-state index contributed by atoms with van der Waals surface area (Å²) in [5.74, 6) is 6.27. The fraction of sp³-hybridized carbons (Fsp3) is 0.333. The van der Waals surface area contributed by atoms with E-state index < -0.39 is 0 Å². The highest BCUT2D eigenvalue weighted by Crippen LogP contribution is 2.17. The van der Waals surface area contributed by atoms with Crippen LogP contribution in [0.2, 0.25) is 5.02 Å². The van der Waals surface area contributed by atoms with Crippen molar-refractivity contribution >= 4 is 11.6 Å². The van der Waals surface area contributed by atoms with Gasteiger partial charge in [0.2, 0.25) is 0 Å². The molecule has 0 saturated heterocycles. The quantitative estimate of drug-likeness (QED) is 0.623. The molecule has 0 fully saturated rings. The lowest BCUT2D eigenvalue weighted by Crippen LogP contribution is -2.38. The first kappa shape index (κ1) is 16.0. The van der Waals surface area contributed by atoms with Gasteiger partial charge in [0.1, 0.15) is 0 Å². The van der Waals surface area contributed by atoms with Gasteiger partial charge in [-0.1, -0.05) is 61.8 Å². The lowest BCUT2D eigenvalue weighted by atomic mass is 9.96. The van der Waals surface area contributed by atoms with Crippen molar-refractivity contribution in [2.45, 2.75) is 38.6 Å². The molecule has 0 saturated carbocycles. The highest BCUT2D eigenvalue weighted by Gasteiger charge is 2.09. The van der Waals surface area contributed by atoms with E-state index in [0.717, 1.165) is 17.9 Å². The third-order valence-electron chi connectivity index (χ3n) is 3.76. The van der Waals surface area contributed by atoms with Crippen LogP contribution < -0.4 is 11.3 Å². The van der Waals surface area contributed by atoms with E-state index in [4.69, 9.17) is 17.4 Å². The first-order valence-corrected chi connectivity index (χ1v) is 7.75. The maximum absolute atomic E-state index is 5.91. The number of hydrogen-bond acceptors (Lipinski definition) is 2. The highest BCUT2D eigenvalue weighted by molar-refractivity contribution is 6.30. The number of nitrogens with one attached hydrogen (secondary N) is 1. The zero-order valence-corrected chi connectivity index (χ0v) is 13.4. The average molecular weight is 303 g/mol. The van der Waals surface area contributed by atoms with Gasteiger partial charge in [-0.2, -0.15) is 0 Å². The minimum absolute atomic E-state index is 0.219. The van der Waals surface area contributed by atoms with Crippen molar-refractivity contribution in [3.8, 4) is 0 Å². The molecular weight excluding hydrogens is 280 g/mol. The Balaban J connectivity index is 1.99. The molecule has 3 heteroatoms. The van der Waals surface area contributed by atoms with Crippen molar-refractivity contribution in [2.24, 2.45) is 5.84 Å². The molecule has 0 aliphatic rings. The summed E-state index contributed by atoms with van der Waals surface area (Å²) < 4.78 is 0. The Morgan fingerprint density at radius 3 is 1.81 bits per heavy atom. The molecule has 21 heavy (non-hydrogen) atoms. The summed E-state index contributed by atoms with van der Waals surface area (Å²) in [5, 5.41) is 0.764. The first-order chi connectivity index (χ1) is 10.1. The minimum atomic E-state index is 0.219. The SMILES string of the molecule is CC(C)c1ccc(CC(Cc2ccc(Cl)cc2)NN)cc1. The predicted molar refractivity (Wildman–Crippen MR) is 90.5 cm³/mol. The highest BCUT2D eigenvalue weighted by atomic mass is 35.5. The molecule has 0 aromatic heterocycles. The van der Waals surface area contributed by atoms with E-state index in [9.17, 15) is 0 Å². The molecule has 0 amide bonds. The number of halogens is 1. The van der Waals surface area contributed by atoms with Gasteiger partial charge >= 0.3 is 0 Å². The second kappa shape index (κ2) is 7.60. The van der Waals surface area contributed by atoms with E-state index >= 15 is 0 Å². The summed E-state index contributed by atoms with van der Waals surface area (Å²) >= 11 is 5.91. The minimum Gasteiger partial charge on any atom is -0.271 e. The maximum Gasteiger partial charge on any atom is 0.0406 e. The van der Waals surface area contributed by atoms with Crippen LogP contribution in [-0.2, 0) is 12.8 Å². The van der Waals surface area contributed by atoms with Crippen LogP contribution in [0, 0.1) is 0 Å². The van der Waals surface area contributed by atoms with Crippen LogP contribution in [-0.4, -0.2) is 6.04 Å². The molecular formula is C18H23ClN2. The third kappa shape index (κ3) is 4.85. The molecule has 3 N–H and O–H groups in total. The molecule has 1 atom stereocenters. The molecule has 1 unspecified atom stereocenters. The molecule has 2 nitrogen and oxygen atoms in total. The topological polar surface area (TPSA) is 38.0 Å². The van der Waals surface area contributed by atoms with E-state index in [1.807, 2.05) is 12.1 Å². The van der Waals surface area contributed by atoms with Gasteiger partial charge in [0.15, 0.2) is 0 Å². The first-order valence-electron chi connectivity index (χ1n) is 7.38. The summed E-state index contributed by atoms with van der Waals surface area (Å²) in [6.07, 6.45) is 1.80. The molecule has 112 valence electrons. The third-order valence-corrected chi connectivity index (χ3v) is 4.01. The molecule has 0 spiro atoms.